The lowest BCUT2D eigenvalue weighted by Gasteiger charge is -2.14. The topological polar surface area (TPSA) is 55.4 Å². The van der Waals surface area contributed by atoms with Crippen molar-refractivity contribution in [3.05, 3.63) is 63.1 Å². The molecule has 0 saturated carbocycles. The lowest BCUT2D eigenvalue weighted by atomic mass is 10.1. The lowest BCUT2D eigenvalue weighted by Crippen LogP contribution is -2.30. The van der Waals surface area contributed by atoms with Crippen LogP contribution in [-0.2, 0) is 20.7 Å². The van der Waals surface area contributed by atoms with Gasteiger partial charge < -0.3 is 10.1 Å². The Morgan fingerprint density at radius 3 is 2.50 bits per heavy atom. The van der Waals surface area contributed by atoms with Crippen LogP contribution in [0.1, 0.15) is 12.5 Å². The Bertz CT molecular complexity index is 764. The zero-order valence-corrected chi connectivity index (χ0v) is 15.0. The molecule has 0 saturated heterocycles. The maximum absolute atomic E-state index is 12.1. The number of carbonyl (C=O) groups excluding carboxylic acids is 2. The summed E-state index contributed by atoms with van der Waals surface area (Å²) in [6, 6.07) is 11.6. The Kier molecular flexibility index (Phi) is 6.49. The van der Waals surface area contributed by atoms with E-state index in [1.807, 2.05) is 0 Å². The van der Waals surface area contributed by atoms with Crippen LogP contribution in [0, 0.1) is 0 Å². The molecule has 0 fully saturated rings. The third-order valence-electron chi connectivity index (χ3n) is 3.16. The van der Waals surface area contributed by atoms with Crippen LogP contribution >= 0.6 is 34.8 Å². The smallest absolute Gasteiger partial charge is 0.311 e. The Balaban J connectivity index is 1.95. The second-order valence-electron chi connectivity index (χ2n) is 5.01. The zero-order chi connectivity index (χ0) is 17.7. The van der Waals surface area contributed by atoms with Gasteiger partial charge in [-0.25, -0.2) is 0 Å². The molecular weight excluding hydrogens is 373 g/mol. The molecule has 7 heteroatoms. The van der Waals surface area contributed by atoms with Gasteiger partial charge >= 0.3 is 5.97 Å². The Morgan fingerprint density at radius 2 is 1.79 bits per heavy atom. The van der Waals surface area contributed by atoms with Gasteiger partial charge in [0, 0.05) is 10.0 Å². The lowest BCUT2D eigenvalue weighted by molar-refractivity contribution is -0.152. The molecule has 0 aromatic heterocycles. The first-order valence-electron chi connectivity index (χ1n) is 7.05. The van der Waals surface area contributed by atoms with E-state index in [2.05, 4.69) is 5.32 Å². The molecule has 0 radical (unpaired) electrons. The van der Waals surface area contributed by atoms with Gasteiger partial charge in [-0.15, -0.1) is 0 Å². The highest BCUT2D eigenvalue weighted by Gasteiger charge is 2.19. The minimum atomic E-state index is -0.991. The van der Waals surface area contributed by atoms with Crippen LogP contribution in [0.2, 0.25) is 15.1 Å². The molecule has 0 heterocycles. The van der Waals surface area contributed by atoms with Gasteiger partial charge in [0.05, 0.1) is 17.1 Å². The van der Waals surface area contributed by atoms with Crippen molar-refractivity contribution in [3.63, 3.8) is 0 Å². The summed E-state index contributed by atoms with van der Waals surface area (Å²) in [7, 11) is 0. The molecular formula is C17H14Cl3NO3. The first kappa shape index (κ1) is 18.6. The van der Waals surface area contributed by atoms with Gasteiger partial charge in [0.2, 0.25) is 0 Å². The highest BCUT2D eigenvalue weighted by Crippen LogP contribution is 2.25. The summed E-state index contributed by atoms with van der Waals surface area (Å²) in [6.07, 6.45) is -1.01. The van der Waals surface area contributed by atoms with Gasteiger partial charge in [0.25, 0.3) is 5.91 Å². The first-order chi connectivity index (χ1) is 11.4. The Hall–Kier alpha value is -1.75. The molecule has 1 atom stereocenters. The standard InChI is InChI=1S/C17H14Cl3NO3/c1-10(17(23)21-15-9-12(18)6-7-14(15)20)24-16(22)8-11-4-2-3-5-13(11)19/h2-7,9-10H,8H2,1H3,(H,21,23)/t10-/m0/s1. The van der Waals surface area contributed by atoms with E-state index < -0.39 is 18.0 Å². The highest BCUT2D eigenvalue weighted by molar-refractivity contribution is 6.35. The van der Waals surface area contributed by atoms with Crippen LogP contribution in [0.4, 0.5) is 5.69 Å². The van der Waals surface area contributed by atoms with Crippen LogP contribution in [0.25, 0.3) is 0 Å². The summed E-state index contributed by atoms with van der Waals surface area (Å²) in [6.45, 7) is 1.47. The van der Waals surface area contributed by atoms with Gasteiger partial charge in [-0.05, 0) is 36.8 Å². The van der Waals surface area contributed by atoms with Crippen molar-refractivity contribution in [2.45, 2.75) is 19.4 Å². The molecule has 0 aliphatic rings. The number of rotatable bonds is 5. The molecule has 0 unspecified atom stereocenters. The largest absolute Gasteiger partial charge is 0.452 e. The quantitative estimate of drug-likeness (QED) is 0.754. The van der Waals surface area contributed by atoms with E-state index in [9.17, 15) is 9.59 Å². The van der Waals surface area contributed by atoms with E-state index >= 15 is 0 Å². The predicted molar refractivity (Wildman–Crippen MR) is 95.8 cm³/mol. The Morgan fingerprint density at radius 1 is 1.08 bits per heavy atom. The zero-order valence-electron chi connectivity index (χ0n) is 12.7. The summed E-state index contributed by atoms with van der Waals surface area (Å²) < 4.78 is 5.13. The van der Waals surface area contributed by atoms with Gasteiger partial charge in [0.15, 0.2) is 6.10 Å². The number of halogens is 3. The van der Waals surface area contributed by atoms with E-state index in [0.717, 1.165) is 0 Å². The van der Waals surface area contributed by atoms with Gasteiger partial charge in [-0.2, -0.15) is 0 Å². The fourth-order valence-electron chi connectivity index (χ4n) is 1.92. The third-order valence-corrected chi connectivity index (χ3v) is 4.09. The number of nitrogens with one attached hydrogen (secondary N) is 1. The van der Waals surface area contributed by atoms with Crippen molar-refractivity contribution >= 4 is 52.4 Å². The summed E-state index contributed by atoms with van der Waals surface area (Å²) in [5, 5.41) is 3.81. The number of hydrogen-bond donors (Lipinski definition) is 1. The number of ether oxygens (including phenoxy) is 1. The van der Waals surface area contributed by atoms with E-state index in [1.165, 1.54) is 13.0 Å². The molecule has 0 spiro atoms. The van der Waals surface area contributed by atoms with Crippen molar-refractivity contribution in [2.24, 2.45) is 0 Å². The number of benzene rings is 2. The average Bonchev–Trinajstić information content (AvgIpc) is 2.53. The maximum Gasteiger partial charge on any atom is 0.311 e. The Labute approximate surface area is 154 Å². The van der Waals surface area contributed by atoms with E-state index in [-0.39, 0.29) is 6.42 Å². The van der Waals surface area contributed by atoms with Crippen molar-refractivity contribution in [3.8, 4) is 0 Å². The number of carbonyl (C=O) groups is 2. The predicted octanol–water partition coefficient (Wildman–Crippen LogP) is 4.76. The van der Waals surface area contributed by atoms with E-state index in [0.29, 0.717) is 26.3 Å². The van der Waals surface area contributed by atoms with Crippen molar-refractivity contribution in [1.29, 1.82) is 0 Å². The first-order valence-corrected chi connectivity index (χ1v) is 8.19. The third kappa shape index (κ3) is 5.13. The fourth-order valence-corrected chi connectivity index (χ4v) is 2.46. The molecule has 1 amide bonds. The normalized spacial score (nSPS) is 11.7. The molecule has 4 nitrogen and oxygen atoms in total. The summed E-state index contributed by atoms with van der Waals surface area (Å²) >= 11 is 17.8. The number of hydrogen-bond acceptors (Lipinski definition) is 3. The average molecular weight is 387 g/mol. The fraction of sp³-hybridized carbons (Fsp3) is 0.176. The SMILES string of the molecule is C[C@H](OC(=O)Cc1ccccc1Cl)C(=O)Nc1cc(Cl)ccc1Cl. The monoisotopic (exact) mass is 385 g/mol. The number of esters is 1. The van der Waals surface area contributed by atoms with Crippen LogP contribution in [0.5, 0.6) is 0 Å². The van der Waals surface area contributed by atoms with Crippen molar-refractivity contribution in [1.82, 2.24) is 0 Å². The molecule has 2 aromatic rings. The van der Waals surface area contributed by atoms with Crippen LogP contribution < -0.4 is 5.32 Å². The van der Waals surface area contributed by atoms with Crippen LogP contribution in [0.15, 0.2) is 42.5 Å². The van der Waals surface area contributed by atoms with Gasteiger partial charge in [-0.3, -0.25) is 9.59 Å². The summed E-state index contributed by atoms with van der Waals surface area (Å²) in [5.74, 6) is -1.06. The van der Waals surface area contributed by atoms with Gasteiger partial charge in [-0.1, -0.05) is 53.0 Å². The second-order valence-corrected chi connectivity index (χ2v) is 6.26. The molecule has 1 N–H and O–H groups in total. The minimum Gasteiger partial charge on any atom is -0.452 e. The molecule has 0 aliphatic heterocycles. The molecule has 2 aromatic carbocycles. The molecule has 126 valence electrons. The number of anilines is 1. The molecule has 0 aliphatic carbocycles. The minimum absolute atomic E-state index is 0.0186. The molecule has 2 rings (SSSR count). The molecule has 0 bridgehead atoms. The maximum atomic E-state index is 12.1. The van der Waals surface area contributed by atoms with Crippen LogP contribution in [-0.4, -0.2) is 18.0 Å². The molecule has 24 heavy (non-hydrogen) atoms. The van der Waals surface area contributed by atoms with Crippen molar-refractivity contribution < 1.29 is 14.3 Å². The van der Waals surface area contributed by atoms with Crippen molar-refractivity contribution in [2.75, 3.05) is 5.32 Å². The summed E-state index contributed by atoms with van der Waals surface area (Å²) in [5.41, 5.74) is 0.984. The van der Waals surface area contributed by atoms with E-state index in [4.69, 9.17) is 39.5 Å². The number of amides is 1. The van der Waals surface area contributed by atoms with Gasteiger partial charge in [0.1, 0.15) is 0 Å². The van der Waals surface area contributed by atoms with E-state index in [1.54, 1.807) is 36.4 Å². The second kappa shape index (κ2) is 8.38. The highest BCUT2D eigenvalue weighted by atomic mass is 35.5. The summed E-state index contributed by atoms with van der Waals surface area (Å²) in [4.78, 5) is 24.1. The van der Waals surface area contributed by atoms with Crippen LogP contribution in [0.3, 0.4) is 0 Å².